The van der Waals surface area contributed by atoms with Gasteiger partial charge in [0.05, 0.1) is 0 Å². The van der Waals surface area contributed by atoms with Crippen molar-refractivity contribution in [3.05, 3.63) is 0 Å². The molecular formula is C19H40. The summed E-state index contributed by atoms with van der Waals surface area (Å²) in [5.74, 6) is 1.03. The molecule has 0 radical (unpaired) electrons. The molecule has 0 heteroatoms. The second-order valence-electron chi connectivity index (χ2n) is 7.66. The normalized spacial score (nSPS) is 12.3. The molecule has 0 heterocycles. The highest BCUT2D eigenvalue weighted by atomic mass is 14.2. The van der Waals surface area contributed by atoms with Crippen molar-refractivity contribution in [1.29, 1.82) is 0 Å². The molecule has 0 aromatic carbocycles. The third-order valence-corrected chi connectivity index (χ3v) is 4.22. The lowest BCUT2D eigenvalue weighted by molar-refractivity contribution is 0.329. The highest BCUT2D eigenvalue weighted by Crippen LogP contribution is 2.26. The van der Waals surface area contributed by atoms with Crippen LogP contribution in [0.2, 0.25) is 0 Å². The smallest absolute Gasteiger partial charge is 0.0383 e. The minimum Gasteiger partial charge on any atom is -0.0654 e. The summed E-state index contributed by atoms with van der Waals surface area (Å²) in [6.07, 6.45) is 17.3. The zero-order valence-corrected chi connectivity index (χ0v) is 14.6. The van der Waals surface area contributed by atoms with E-state index in [2.05, 4.69) is 34.6 Å². The van der Waals surface area contributed by atoms with E-state index in [1.165, 1.54) is 77.0 Å². The first-order chi connectivity index (χ1) is 8.99. The van der Waals surface area contributed by atoms with Crippen LogP contribution in [0.1, 0.15) is 112 Å². The summed E-state index contributed by atoms with van der Waals surface area (Å²) in [6.45, 7) is 11.7. The van der Waals surface area contributed by atoms with Gasteiger partial charge in [0.15, 0.2) is 0 Å². The van der Waals surface area contributed by atoms with Gasteiger partial charge < -0.3 is 0 Å². The minimum atomic E-state index is 0.528. The molecule has 0 unspecified atom stereocenters. The molecule has 0 aromatic heterocycles. The van der Waals surface area contributed by atoms with Crippen molar-refractivity contribution >= 4 is 0 Å². The Labute approximate surface area is 123 Å². The van der Waals surface area contributed by atoms with Gasteiger partial charge in [-0.1, -0.05) is 105 Å². The molecule has 0 N–H and O–H groups in total. The highest BCUT2D eigenvalue weighted by Gasteiger charge is 2.11. The SMILES string of the molecule is CCCCCC(CCCCC)CCCCC(C)(C)C. The quantitative estimate of drug-likeness (QED) is 0.324. The predicted molar refractivity (Wildman–Crippen MR) is 89.7 cm³/mol. The Balaban J connectivity index is 3.76. The molecule has 116 valence electrons. The second-order valence-corrected chi connectivity index (χ2v) is 7.66. The molecule has 0 amide bonds. The summed E-state index contributed by atoms with van der Waals surface area (Å²) >= 11 is 0. The van der Waals surface area contributed by atoms with E-state index in [1.807, 2.05) is 0 Å². The van der Waals surface area contributed by atoms with Crippen molar-refractivity contribution in [1.82, 2.24) is 0 Å². The van der Waals surface area contributed by atoms with Crippen LogP contribution >= 0.6 is 0 Å². The van der Waals surface area contributed by atoms with Crippen LogP contribution in [0.25, 0.3) is 0 Å². The summed E-state index contributed by atoms with van der Waals surface area (Å²) < 4.78 is 0. The van der Waals surface area contributed by atoms with E-state index in [0.29, 0.717) is 5.41 Å². The summed E-state index contributed by atoms with van der Waals surface area (Å²) in [7, 11) is 0. The van der Waals surface area contributed by atoms with Gasteiger partial charge in [-0.2, -0.15) is 0 Å². The molecule has 19 heavy (non-hydrogen) atoms. The van der Waals surface area contributed by atoms with Gasteiger partial charge in [0, 0.05) is 0 Å². The Hall–Kier alpha value is 0. The molecule has 0 spiro atoms. The van der Waals surface area contributed by atoms with Gasteiger partial charge in [-0.05, 0) is 17.8 Å². The molecule has 0 atom stereocenters. The average molecular weight is 269 g/mol. The molecule has 0 saturated carbocycles. The van der Waals surface area contributed by atoms with Gasteiger partial charge in [0.25, 0.3) is 0 Å². The number of rotatable bonds is 12. The van der Waals surface area contributed by atoms with Gasteiger partial charge in [-0.3, -0.25) is 0 Å². The van der Waals surface area contributed by atoms with E-state index < -0.39 is 0 Å². The Morgan fingerprint density at radius 3 is 1.42 bits per heavy atom. The molecule has 0 rings (SSSR count). The summed E-state index contributed by atoms with van der Waals surface area (Å²) in [6, 6.07) is 0. The van der Waals surface area contributed by atoms with Gasteiger partial charge in [0.1, 0.15) is 0 Å². The number of hydrogen-bond donors (Lipinski definition) is 0. The van der Waals surface area contributed by atoms with Crippen LogP contribution in [0.3, 0.4) is 0 Å². The van der Waals surface area contributed by atoms with Crippen LogP contribution in [0.15, 0.2) is 0 Å². The van der Waals surface area contributed by atoms with Gasteiger partial charge in [-0.15, -0.1) is 0 Å². The van der Waals surface area contributed by atoms with Crippen LogP contribution in [0.4, 0.5) is 0 Å². The molecule has 0 fully saturated rings. The highest BCUT2D eigenvalue weighted by molar-refractivity contribution is 4.64. The van der Waals surface area contributed by atoms with Crippen molar-refractivity contribution in [3.63, 3.8) is 0 Å². The van der Waals surface area contributed by atoms with Gasteiger partial charge in [-0.25, -0.2) is 0 Å². The molecule has 0 aliphatic rings. The Kier molecular flexibility index (Phi) is 11.8. The number of hydrogen-bond acceptors (Lipinski definition) is 0. The van der Waals surface area contributed by atoms with Crippen molar-refractivity contribution in [2.75, 3.05) is 0 Å². The van der Waals surface area contributed by atoms with Crippen molar-refractivity contribution in [2.45, 2.75) is 112 Å². The lowest BCUT2D eigenvalue weighted by Crippen LogP contribution is -2.06. The maximum atomic E-state index is 2.37. The Morgan fingerprint density at radius 2 is 1.05 bits per heavy atom. The Morgan fingerprint density at radius 1 is 0.632 bits per heavy atom. The monoisotopic (exact) mass is 268 g/mol. The zero-order valence-electron chi connectivity index (χ0n) is 14.6. The van der Waals surface area contributed by atoms with Crippen LogP contribution in [0.5, 0.6) is 0 Å². The summed E-state index contributed by atoms with van der Waals surface area (Å²) in [4.78, 5) is 0. The molecular weight excluding hydrogens is 228 g/mol. The fraction of sp³-hybridized carbons (Fsp3) is 1.00. The third-order valence-electron chi connectivity index (χ3n) is 4.22. The van der Waals surface area contributed by atoms with Crippen molar-refractivity contribution in [3.8, 4) is 0 Å². The maximum Gasteiger partial charge on any atom is -0.0383 e. The second kappa shape index (κ2) is 11.8. The predicted octanol–water partition coefficient (Wildman–Crippen LogP) is 7.37. The lowest BCUT2D eigenvalue weighted by atomic mass is 9.86. The van der Waals surface area contributed by atoms with Crippen LogP contribution in [-0.4, -0.2) is 0 Å². The van der Waals surface area contributed by atoms with Crippen LogP contribution in [-0.2, 0) is 0 Å². The third kappa shape index (κ3) is 14.2. The summed E-state index contributed by atoms with van der Waals surface area (Å²) in [5, 5.41) is 0. The Bertz CT molecular complexity index is 165. The van der Waals surface area contributed by atoms with Gasteiger partial charge in [0.2, 0.25) is 0 Å². The fourth-order valence-electron chi connectivity index (χ4n) is 2.89. The van der Waals surface area contributed by atoms with Crippen LogP contribution in [0, 0.1) is 11.3 Å². The van der Waals surface area contributed by atoms with E-state index in [0.717, 1.165) is 5.92 Å². The number of unbranched alkanes of at least 4 members (excludes halogenated alkanes) is 5. The average Bonchev–Trinajstić information content (AvgIpc) is 2.33. The first-order valence-electron chi connectivity index (χ1n) is 8.99. The minimum absolute atomic E-state index is 0.528. The fourth-order valence-corrected chi connectivity index (χ4v) is 2.89. The molecule has 0 bridgehead atoms. The van der Waals surface area contributed by atoms with Crippen LogP contribution < -0.4 is 0 Å². The van der Waals surface area contributed by atoms with E-state index >= 15 is 0 Å². The lowest BCUT2D eigenvalue weighted by Gasteiger charge is -2.20. The molecule has 0 aromatic rings. The standard InChI is InChI=1S/C19H40/c1-6-8-10-14-18(15-11-9-7-2)16-12-13-17-19(3,4)5/h18H,6-17H2,1-5H3. The first-order valence-corrected chi connectivity index (χ1v) is 8.99. The summed E-state index contributed by atoms with van der Waals surface area (Å²) in [5.41, 5.74) is 0.528. The molecule has 0 saturated heterocycles. The molecule has 0 nitrogen and oxygen atoms in total. The topological polar surface area (TPSA) is 0 Å². The van der Waals surface area contributed by atoms with E-state index in [-0.39, 0.29) is 0 Å². The van der Waals surface area contributed by atoms with Gasteiger partial charge >= 0.3 is 0 Å². The van der Waals surface area contributed by atoms with Crippen molar-refractivity contribution < 1.29 is 0 Å². The van der Waals surface area contributed by atoms with E-state index in [4.69, 9.17) is 0 Å². The van der Waals surface area contributed by atoms with Crippen molar-refractivity contribution in [2.24, 2.45) is 11.3 Å². The maximum absolute atomic E-state index is 2.37. The molecule has 0 aliphatic carbocycles. The van der Waals surface area contributed by atoms with E-state index in [9.17, 15) is 0 Å². The molecule has 0 aliphatic heterocycles. The largest absolute Gasteiger partial charge is 0.0654 e. The van der Waals surface area contributed by atoms with E-state index in [1.54, 1.807) is 0 Å². The zero-order chi connectivity index (χ0) is 14.6. The first kappa shape index (κ1) is 19.0.